The highest BCUT2D eigenvalue weighted by molar-refractivity contribution is 5.89. The van der Waals surface area contributed by atoms with Crippen LogP contribution in [-0.4, -0.2) is 23.1 Å². The summed E-state index contributed by atoms with van der Waals surface area (Å²) in [5.41, 5.74) is 2.31. The summed E-state index contributed by atoms with van der Waals surface area (Å²) in [4.78, 5) is 24.5. The lowest BCUT2D eigenvalue weighted by molar-refractivity contribution is -0.149. The van der Waals surface area contributed by atoms with Gasteiger partial charge in [0.2, 0.25) is 0 Å². The van der Waals surface area contributed by atoms with Crippen molar-refractivity contribution in [3.8, 4) is 5.75 Å². The van der Waals surface area contributed by atoms with Crippen LogP contribution in [0.1, 0.15) is 60.5 Å². The van der Waals surface area contributed by atoms with Crippen LogP contribution in [0.3, 0.4) is 0 Å². The van der Waals surface area contributed by atoms with Crippen LogP contribution in [0.5, 0.6) is 5.75 Å². The molecule has 0 aliphatic heterocycles. The molecule has 2 aromatic rings. The SMILES string of the molecule is CC(Cc1ccc(O)cc1)C(=O)OCc1ccc(C(=O)OC2CCCCC2)cc1. The number of hydrogen-bond donors (Lipinski definition) is 1. The molecule has 154 valence electrons. The fourth-order valence-corrected chi connectivity index (χ4v) is 3.51. The van der Waals surface area contributed by atoms with Crippen LogP contribution in [0.2, 0.25) is 0 Å². The van der Waals surface area contributed by atoms with Crippen molar-refractivity contribution in [3.63, 3.8) is 0 Å². The lowest BCUT2D eigenvalue weighted by Crippen LogP contribution is -2.21. The maximum absolute atomic E-state index is 12.3. The lowest BCUT2D eigenvalue weighted by atomic mass is 9.98. The lowest BCUT2D eigenvalue weighted by Gasteiger charge is -2.21. The smallest absolute Gasteiger partial charge is 0.338 e. The second-order valence-corrected chi connectivity index (χ2v) is 7.74. The molecule has 0 heterocycles. The second-order valence-electron chi connectivity index (χ2n) is 7.74. The molecule has 0 saturated heterocycles. The van der Waals surface area contributed by atoms with Crippen LogP contribution in [-0.2, 0) is 27.3 Å². The predicted octanol–water partition coefficient (Wildman–Crippen LogP) is 4.80. The first kappa shape index (κ1) is 20.9. The third-order valence-corrected chi connectivity index (χ3v) is 5.28. The number of aromatic hydroxyl groups is 1. The van der Waals surface area contributed by atoms with Gasteiger partial charge in [0.05, 0.1) is 11.5 Å². The molecule has 1 aliphatic rings. The zero-order valence-electron chi connectivity index (χ0n) is 16.8. The van der Waals surface area contributed by atoms with E-state index < -0.39 is 0 Å². The fraction of sp³-hybridized carbons (Fsp3) is 0.417. The molecule has 0 amide bonds. The van der Waals surface area contributed by atoms with Gasteiger partial charge in [-0.05, 0) is 67.5 Å². The minimum atomic E-state index is -0.289. The molecule has 1 N–H and O–H groups in total. The van der Waals surface area contributed by atoms with Crippen LogP contribution >= 0.6 is 0 Å². The Labute approximate surface area is 171 Å². The van der Waals surface area contributed by atoms with Crippen molar-refractivity contribution in [1.82, 2.24) is 0 Å². The number of carbonyl (C=O) groups is 2. The molecule has 0 radical (unpaired) electrons. The third kappa shape index (κ3) is 6.34. The van der Waals surface area contributed by atoms with Crippen molar-refractivity contribution in [1.29, 1.82) is 0 Å². The van der Waals surface area contributed by atoms with Crippen LogP contribution < -0.4 is 0 Å². The number of rotatable bonds is 7. The average molecular weight is 396 g/mol. The summed E-state index contributed by atoms with van der Waals surface area (Å²) < 4.78 is 11.0. The number of benzene rings is 2. The highest BCUT2D eigenvalue weighted by Crippen LogP contribution is 2.21. The van der Waals surface area contributed by atoms with Crippen molar-refractivity contribution in [2.24, 2.45) is 5.92 Å². The van der Waals surface area contributed by atoms with Crippen LogP contribution in [0.4, 0.5) is 0 Å². The Bertz CT molecular complexity index is 804. The van der Waals surface area contributed by atoms with E-state index >= 15 is 0 Å². The molecular formula is C24H28O5. The molecule has 2 aromatic carbocycles. The molecule has 0 spiro atoms. The maximum Gasteiger partial charge on any atom is 0.338 e. The molecule has 1 saturated carbocycles. The van der Waals surface area contributed by atoms with E-state index in [0.717, 1.165) is 36.8 Å². The van der Waals surface area contributed by atoms with Gasteiger partial charge in [0.25, 0.3) is 0 Å². The first-order valence-electron chi connectivity index (χ1n) is 10.3. The average Bonchev–Trinajstić information content (AvgIpc) is 2.74. The Morgan fingerprint density at radius 3 is 2.24 bits per heavy atom. The molecule has 0 aromatic heterocycles. The van der Waals surface area contributed by atoms with E-state index in [1.165, 1.54) is 6.42 Å². The number of hydrogen-bond acceptors (Lipinski definition) is 5. The van der Waals surface area contributed by atoms with Gasteiger partial charge in [0.15, 0.2) is 0 Å². The molecule has 1 unspecified atom stereocenters. The van der Waals surface area contributed by atoms with E-state index in [0.29, 0.717) is 12.0 Å². The Balaban J connectivity index is 1.45. The molecule has 5 nitrogen and oxygen atoms in total. The summed E-state index contributed by atoms with van der Waals surface area (Å²) in [6.45, 7) is 1.98. The van der Waals surface area contributed by atoms with Crippen molar-refractivity contribution >= 4 is 11.9 Å². The van der Waals surface area contributed by atoms with Gasteiger partial charge in [-0.3, -0.25) is 4.79 Å². The largest absolute Gasteiger partial charge is 0.508 e. The second kappa shape index (κ2) is 10.1. The summed E-state index contributed by atoms with van der Waals surface area (Å²) in [6.07, 6.45) is 5.93. The van der Waals surface area contributed by atoms with E-state index in [1.807, 2.05) is 6.92 Å². The molecular weight excluding hydrogens is 368 g/mol. The highest BCUT2D eigenvalue weighted by Gasteiger charge is 2.19. The van der Waals surface area contributed by atoms with Gasteiger partial charge in [0.1, 0.15) is 18.5 Å². The number of ether oxygens (including phenoxy) is 2. The van der Waals surface area contributed by atoms with Crippen LogP contribution in [0.15, 0.2) is 48.5 Å². The topological polar surface area (TPSA) is 72.8 Å². The van der Waals surface area contributed by atoms with Crippen molar-refractivity contribution in [2.75, 3.05) is 0 Å². The van der Waals surface area contributed by atoms with Crippen LogP contribution in [0.25, 0.3) is 0 Å². The van der Waals surface area contributed by atoms with E-state index in [-0.39, 0.29) is 36.3 Å². The van der Waals surface area contributed by atoms with E-state index in [1.54, 1.807) is 48.5 Å². The minimum absolute atomic E-state index is 0.0342. The maximum atomic E-state index is 12.3. The number of esters is 2. The molecule has 1 aliphatic carbocycles. The number of carbonyl (C=O) groups excluding carboxylic acids is 2. The first-order valence-corrected chi connectivity index (χ1v) is 10.3. The quantitative estimate of drug-likeness (QED) is 0.681. The van der Waals surface area contributed by atoms with Crippen molar-refractivity contribution < 1.29 is 24.2 Å². The molecule has 1 fully saturated rings. The van der Waals surface area contributed by atoms with E-state index in [9.17, 15) is 14.7 Å². The Morgan fingerprint density at radius 1 is 0.966 bits per heavy atom. The van der Waals surface area contributed by atoms with Gasteiger partial charge < -0.3 is 14.6 Å². The fourth-order valence-electron chi connectivity index (χ4n) is 3.51. The molecule has 3 rings (SSSR count). The zero-order chi connectivity index (χ0) is 20.6. The normalized spacial score (nSPS) is 15.5. The molecule has 5 heteroatoms. The van der Waals surface area contributed by atoms with Crippen molar-refractivity contribution in [2.45, 2.75) is 58.2 Å². The highest BCUT2D eigenvalue weighted by atomic mass is 16.5. The first-order chi connectivity index (χ1) is 14.0. The molecule has 29 heavy (non-hydrogen) atoms. The minimum Gasteiger partial charge on any atom is -0.508 e. The summed E-state index contributed by atoms with van der Waals surface area (Å²) in [5, 5.41) is 9.33. The Kier molecular flexibility index (Phi) is 7.28. The van der Waals surface area contributed by atoms with Gasteiger partial charge in [-0.1, -0.05) is 37.6 Å². The Morgan fingerprint density at radius 2 is 1.59 bits per heavy atom. The molecule has 0 bridgehead atoms. The molecule has 1 atom stereocenters. The van der Waals surface area contributed by atoms with Crippen molar-refractivity contribution in [3.05, 3.63) is 65.2 Å². The zero-order valence-corrected chi connectivity index (χ0v) is 16.8. The monoisotopic (exact) mass is 396 g/mol. The van der Waals surface area contributed by atoms with Gasteiger partial charge in [-0.2, -0.15) is 0 Å². The summed E-state index contributed by atoms with van der Waals surface area (Å²) >= 11 is 0. The van der Waals surface area contributed by atoms with Crippen LogP contribution in [0, 0.1) is 5.92 Å². The summed E-state index contributed by atoms with van der Waals surface area (Å²) in [5.74, 6) is -0.652. The van der Waals surface area contributed by atoms with Gasteiger partial charge >= 0.3 is 11.9 Å². The summed E-state index contributed by atoms with van der Waals surface area (Å²) in [7, 11) is 0. The number of phenols is 1. The van der Waals surface area contributed by atoms with Gasteiger partial charge in [-0.25, -0.2) is 4.79 Å². The van der Waals surface area contributed by atoms with E-state index in [4.69, 9.17) is 9.47 Å². The summed E-state index contributed by atoms with van der Waals surface area (Å²) in [6, 6.07) is 13.8. The van der Waals surface area contributed by atoms with E-state index in [2.05, 4.69) is 0 Å². The third-order valence-electron chi connectivity index (χ3n) is 5.28. The standard InChI is InChI=1S/C24H28O5/c1-17(15-18-9-13-21(25)14-10-18)23(26)28-16-19-7-11-20(12-8-19)24(27)29-22-5-3-2-4-6-22/h7-14,17,22,25H,2-6,15-16H2,1H3. The van der Waals surface area contributed by atoms with Gasteiger partial charge in [-0.15, -0.1) is 0 Å². The predicted molar refractivity (Wildman–Crippen MR) is 110 cm³/mol. The Hall–Kier alpha value is -2.82. The number of phenolic OH excluding ortho intramolecular Hbond substituents is 1. The van der Waals surface area contributed by atoms with Gasteiger partial charge in [0, 0.05) is 0 Å².